The fraction of sp³-hybridized carbons (Fsp3) is 0.200. The molecule has 0 aromatic heterocycles. The maximum atomic E-state index is 2.30. The minimum atomic E-state index is 0.420. The maximum absolute atomic E-state index is 2.30. The molecule has 0 unspecified atom stereocenters. The zero-order chi connectivity index (χ0) is 13.7. The first-order valence-electron chi connectivity index (χ1n) is 7.37. The van der Waals surface area contributed by atoms with Crippen LogP contribution >= 0.6 is 0 Å². The molecule has 0 fully saturated rings. The molecule has 0 saturated carbocycles. The fourth-order valence-corrected chi connectivity index (χ4v) is 4.08. The average Bonchev–Trinajstić information content (AvgIpc) is 2.53. The lowest BCUT2D eigenvalue weighted by Gasteiger charge is -2.44. The molecule has 3 aliphatic carbocycles. The molecule has 0 heterocycles. The Bertz CT molecular complexity index is 635. The lowest BCUT2D eigenvalue weighted by atomic mass is 9.59. The van der Waals surface area contributed by atoms with Crippen molar-refractivity contribution in [3.05, 3.63) is 94.1 Å². The minimum absolute atomic E-state index is 0.420. The summed E-state index contributed by atoms with van der Waals surface area (Å²) in [4.78, 5) is 0. The molecule has 0 N–H and O–H groups in total. The van der Waals surface area contributed by atoms with E-state index in [1.165, 1.54) is 33.4 Å². The van der Waals surface area contributed by atoms with Crippen molar-refractivity contribution < 1.29 is 0 Å². The van der Waals surface area contributed by atoms with Gasteiger partial charge in [0.15, 0.2) is 0 Å². The Hall–Kier alpha value is -2.08. The zero-order valence-corrected chi connectivity index (χ0v) is 11.9. The summed E-state index contributed by atoms with van der Waals surface area (Å²) >= 11 is 0. The summed E-state index contributed by atoms with van der Waals surface area (Å²) in [7, 11) is 0. The Morgan fingerprint density at radius 1 is 0.600 bits per heavy atom. The van der Waals surface area contributed by atoms with Crippen molar-refractivity contribution in [3.63, 3.8) is 0 Å². The van der Waals surface area contributed by atoms with E-state index in [9.17, 15) is 0 Å². The van der Waals surface area contributed by atoms with Gasteiger partial charge in [-0.3, -0.25) is 0 Å². The summed E-state index contributed by atoms with van der Waals surface area (Å²) in [6, 6.07) is 17.9. The van der Waals surface area contributed by atoms with E-state index in [4.69, 9.17) is 0 Å². The third kappa shape index (κ3) is 1.31. The van der Waals surface area contributed by atoms with Gasteiger partial charge in [0.2, 0.25) is 0 Å². The van der Waals surface area contributed by atoms with Crippen LogP contribution < -0.4 is 0 Å². The van der Waals surface area contributed by atoms with Gasteiger partial charge in [0.1, 0.15) is 0 Å². The van der Waals surface area contributed by atoms with Crippen molar-refractivity contribution in [1.82, 2.24) is 0 Å². The maximum Gasteiger partial charge on any atom is 0.0345 e. The van der Waals surface area contributed by atoms with Crippen molar-refractivity contribution in [3.8, 4) is 0 Å². The van der Waals surface area contributed by atoms with Gasteiger partial charge in [0.05, 0.1) is 0 Å². The molecule has 0 aliphatic heterocycles. The largest absolute Gasteiger partial charge is 0.0832 e. The van der Waals surface area contributed by atoms with E-state index < -0.39 is 0 Å². The number of benzene rings is 2. The van der Waals surface area contributed by atoms with Crippen molar-refractivity contribution in [2.24, 2.45) is 0 Å². The van der Waals surface area contributed by atoms with Crippen molar-refractivity contribution >= 4 is 0 Å². The van der Waals surface area contributed by atoms with Gasteiger partial charge < -0.3 is 0 Å². The topological polar surface area (TPSA) is 0 Å². The number of hydrogen-bond acceptors (Lipinski definition) is 0. The minimum Gasteiger partial charge on any atom is -0.0832 e. The normalized spacial score (nSPS) is 26.7. The Balaban J connectivity index is 2.13. The lowest BCUT2D eigenvalue weighted by Crippen LogP contribution is -2.28. The average molecular weight is 258 g/mol. The van der Waals surface area contributed by atoms with Crippen LogP contribution in [0.1, 0.15) is 47.9 Å². The quantitative estimate of drug-likeness (QED) is 0.611. The highest BCUT2D eigenvalue weighted by Crippen LogP contribution is 2.57. The zero-order valence-electron chi connectivity index (χ0n) is 11.9. The van der Waals surface area contributed by atoms with Gasteiger partial charge in [-0.05, 0) is 47.2 Å². The molecule has 20 heavy (non-hydrogen) atoms. The second kappa shape index (κ2) is 4.21. The van der Waals surface area contributed by atoms with E-state index in [0.29, 0.717) is 11.8 Å². The summed E-state index contributed by atoms with van der Waals surface area (Å²) < 4.78 is 0. The van der Waals surface area contributed by atoms with E-state index in [0.717, 1.165) is 0 Å². The Kier molecular flexibility index (Phi) is 2.47. The van der Waals surface area contributed by atoms with Crippen LogP contribution in [-0.2, 0) is 0 Å². The summed E-state index contributed by atoms with van der Waals surface area (Å²) in [5.74, 6) is 0.840. The molecule has 0 spiro atoms. The lowest BCUT2D eigenvalue weighted by molar-refractivity contribution is 0.736. The van der Waals surface area contributed by atoms with Crippen molar-refractivity contribution in [2.45, 2.75) is 25.7 Å². The standard InChI is InChI=1S/C20H18/c1-3-13-14(4-2)20-17-11-7-5-9-15(17)19(13)16-10-6-8-12-18(16)20/h3-12,19-20H,1-2H3/b13-3+,14-4?. The molecule has 5 rings (SSSR count). The van der Waals surface area contributed by atoms with E-state index in [-0.39, 0.29) is 0 Å². The van der Waals surface area contributed by atoms with Crippen LogP contribution in [0.2, 0.25) is 0 Å². The monoisotopic (exact) mass is 258 g/mol. The van der Waals surface area contributed by atoms with E-state index in [1.807, 2.05) is 0 Å². The molecule has 2 bridgehead atoms. The molecule has 2 aromatic carbocycles. The summed E-state index contributed by atoms with van der Waals surface area (Å²) in [5.41, 5.74) is 8.97. The smallest absolute Gasteiger partial charge is 0.0345 e. The third-order valence-corrected chi connectivity index (χ3v) is 4.81. The summed E-state index contributed by atoms with van der Waals surface area (Å²) in [6.07, 6.45) is 4.61. The Labute approximate surface area is 120 Å². The van der Waals surface area contributed by atoms with E-state index >= 15 is 0 Å². The highest BCUT2D eigenvalue weighted by atomic mass is 14.4. The number of allylic oxidation sites excluding steroid dienone is 4. The highest BCUT2D eigenvalue weighted by Gasteiger charge is 2.42. The summed E-state index contributed by atoms with van der Waals surface area (Å²) in [6.45, 7) is 4.34. The van der Waals surface area contributed by atoms with Crippen LogP contribution in [0.3, 0.4) is 0 Å². The molecular formula is C20H18. The highest BCUT2D eigenvalue weighted by molar-refractivity contribution is 5.69. The number of rotatable bonds is 0. The van der Waals surface area contributed by atoms with Crippen LogP contribution in [0.5, 0.6) is 0 Å². The van der Waals surface area contributed by atoms with Gasteiger partial charge in [-0.1, -0.05) is 60.7 Å². The Morgan fingerprint density at radius 3 is 1.15 bits per heavy atom. The van der Waals surface area contributed by atoms with Crippen LogP contribution in [0.4, 0.5) is 0 Å². The molecule has 0 radical (unpaired) electrons. The predicted molar refractivity (Wildman–Crippen MR) is 84.1 cm³/mol. The first-order chi connectivity index (χ1) is 9.86. The molecule has 98 valence electrons. The van der Waals surface area contributed by atoms with E-state index in [1.54, 1.807) is 0 Å². The SMILES string of the molecule is CC=C1/C(=C\C)C2c3ccccc3C1c1ccccc12. The van der Waals surface area contributed by atoms with Gasteiger partial charge in [-0.15, -0.1) is 0 Å². The molecular weight excluding hydrogens is 240 g/mol. The Morgan fingerprint density at radius 2 is 0.900 bits per heavy atom. The van der Waals surface area contributed by atoms with Crippen LogP contribution in [0.15, 0.2) is 71.8 Å². The van der Waals surface area contributed by atoms with E-state index in [2.05, 4.69) is 74.5 Å². The third-order valence-electron chi connectivity index (χ3n) is 4.81. The first-order valence-corrected chi connectivity index (χ1v) is 7.37. The summed E-state index contributed by atoms with van der Waals surface area (Å²) in [5, 5.41) is 0. The van der Waals surface area contributed by atoms with Gasteiger partial charge in [-0.25, -0.2) is 0 Å². The van der Waals surface area contributed by atoms with Crippen molar-refractivity contribution in [1.29, 1.82) is 0 Å². The van der Waals surface area contributed by atoms with Gasteiger partial charge in [-0.2, -0.15) is 0 Å². The fourth-order valence-electron chi connectivity index (χ4n) is 4.08. The number of hydrogen-bond donors (Lipinski definition) is 0. The first kappa shape index (κ1) is 11.7. The molecule has 0 nitrogen and oxygen atoms in total. The molecule has 0 saturated heterocycles. The van der Waals surface area contributed by atoms with Gasteiger partial charge in [0.25, 0.3) is 0 Å². The second-order valence-electron chi connectivity index (χ2n) is 5.61. The van der Waals surface area contributed by atoms with Crippen LogP contribution in [0.25, 0.3) is 0 Å². The van der Waals surface area contributed by atoms with Crippen LogP contribution in [-0.4, -0.2) is 0 Å². The second-order valence-corrected chi connectivity index (χ2v) is 5.61. The van der Waals surface area contributed by atoms with Crippen molar-refractivity contribution in [2.75, 3.05) is 0 Å². The predicted octanol–water partition coefficient (Wildman–Crippen LogP) is 5.17. The van der Waals surface area contributed by atoms with Crippen LogP contribution in [0, 0.1) is 0 Å². The molecule has 3 aliphatic rings. The molecule has 0 heteroatoms. The van der Waals surface area contributed by atoms with Gasteiger partial charge >= 0.3 is 0 Å². The molecule has 2 aromatic rings. The molecule has 0 amide bonds. The molecule has 0 atom stereocenters. The number of fused-ring (bicyclic) bond motifs is 1. The van der Waals surface area contributed by atoms with Gasteiger partial charge in [0, 0.05) is 11.8 Å².